The summed E-state index contributed by atoms with van der Waals surface area (Å²) in [5.74, 6) is -3.95. The predicted molar refractivity (Wildman–Crippen MR) is 218 cm³/mol. The number of benzene rings is 4. The van der Waals surface area contributed by atoms with Crippen LogP contribution >= 0.6 is 0 Å². The summed E-state index contributed by atoms with van der Waals surface area (Å²) in [7, 11) is 0. The van der Waals surface area contributed by atoms with Crippen LogP contribution < -0.4 is 0 Å². The van der Waals surface area contributed by atoms with E-state index in [0.717, 1.165) is 0 Å². The largest absolute Gasteiger partial charge is 0.460 e. The Kier molecular flexibility index (Phi) is 10.9. The van der Waals surface area contributed by atoms with Gasteiger partial charge in [0.25, 0.3) is 0 Å². The predicted octanol–water partition coefficient (Wildman–Crippen LogP) is 8.15. The van der Waals surface area contributed by atoms with E-state index in [1.165, 1.54) is 6.08 Å². The summed E-state index contributed by atoms with van der Waals surface area (Å²) in [6, 6.07) is 36.2. The summed E-state index contributed by atoms with van der Waals surface area (Å²) in [5, 5.41) is 0. The first-order chi connectivity index (χ1) is 29.0. The summed E-state index contributed by atoms with van der Waals surface area (Å²) in [6.45, 7) is 0.919. The van der Waals surface area contributed by atoms with E-state index < -0.39 is 51.0 Å². The van der Waals surface area contributed by atoms with E-state index in [-0.39, 0.29) is 89.4 Å². The number of ketones is 2. The fraction of sp³-hybridized carbons (Fsp3) is 0.360. The molecule has 4 unspecified atom stereocenters. The molecule has 308 valence electrons. The highest BCUT2D eigenvalue weighted by Crippen LogP contribution is 2.81. The molecule has 0 bridgehead atoms. The molecular weight excluding hydrogens is 761 g/mol. The average Bonchev–Trinajstić information content (AvgIpc) is 3.57. The summed E-state index contributed by atoms with van der Waals surface area (Å²) in [4.78, 5) is 90.9. The van der Waals surface area contributed by atoms with Crippen LogP contribution in [0.15, 0.2) is 133 Å². The lowest BCUT2D eigenvalue weighted by atomic mass is 9.29. The molecule has 3 fully saturated rings. The second kappa shape index (κ2) is 16.1. The molecule has 0 aromatic heterocycles. The quantitative estimate of drug-likeness (QED) is 0.102. The van der Waals surface area contributed by atoms with E-state index in [0.29, 0.717) is 27.8 Å². The lowest BCUT2D eigenvalue weighted by Crippen LogP contribution is -2.78. The van der Waals surface area contributed by atoms with Crippen molar-refractivity contribution >= 4 is 35.4 Å². The lowest BCUT2D eigenvalue weighted by Gasteiger charge is -2.69. The highest BCUT2D eigenvalue weighted by molar-refractivity contribution is 6.07. The van der Waals surface area contributed by atoms with Crippen LogP contribution in [0, 0.1) is 27.1 Å². The van der Waals surface area contributed by atoms with Crippen molar-refractivity contribution < 1.29 is 47.7 Å². The van der Waals surface area contributed by atoms with Gasteiger partial charge >= 0.3 is 23.9 Å². The molecule has 0 saturated heterocycles. The highest BCUT2D eigenvalue weighted by Gasteiger charge is 2.89. The number of hydrogen-bond donors (Lipinski definition) is 0. The normalized spacial score (nSPS) is 27.9. The molecule has 4 aliphatic rings. The Balaban J connectivity index is 1.38. The van der Waals surface area contributed by atoms with Crippen molar-refractivity contribution in [1.29, 1.82) is 0 Å². The zero-order valence-electron chi connectivity index (χ0n) is 33.7. The third-order valence-electron chi connectivity index (χ3n) is 14.1. The smallest absolute Gasteiger partial charge is 0.317 e. The van der Waals surface area contributed by atoms with E-state index in [1.807, 2.05) is 48.5 Å². The minimum Gasteiger partial charge on any atom is -0.460 e. The zero-order chi connectivity index (χ0) is 42.0. The number of rotatable bonds is 12. The Morgan fingerprint density at radius 1 is 0.450 bits per heavy atom. The van der Waals surface area contributed by atoms with E-state index in [1.54, 1.807) is 79.7 Å². The second-order valence-electron chi connectivity index (χ2n) is 16.8. The van der Waals surface area contributed by atoms with Gasteiger partial charge in [-0.2, -0.15) is 0 Å². The van der Waals surface area contributed by atoms with Crippen molar-refractivity contribution in [1.82, 2.24) is 0 Å². The van der Waals surface area contributed by atoms with Gasteiger partial charge in [-0.1, -0.05) is 128 Å². The molecule has 5 atom stereocenters. The first-order valence-electron chi connectivity index (χ1n) is 20.7. The van der Waals surface area contributed by atoms with Crippen molar-refractivity contribution in [3.8, 4) is 0 Å². The van der Waals surface area contributed by atoms with Crippen LogP contribution in [-0.2, 0) is 74.1 Å². The number of fused-ring (bicyclic) bond motifs is 5. The van der Waals surface area contributed by atoms with Gasteiger partial charge in [-0.15, -0.1) is 0 Å². The van der Waals surface area contributed by atoms with Crippen molar-refractivity contribution in [2.24, 2.45) is 27.1 Å². The zero-order valence-corrected chi connectivity index (χ0v) is 33.7. The number of carbonyl (C=O) groups excluding carboxylic acids is 6. The Morgan fingerprint density at radius 3 is 1.32 bits per heavy atom. The van der Waals surface area contributed by atoms with Crippen LogP contribution in [0.2, 0.25) is 0 Å². The molecule has 0 radical (unpaired) electrons. The number of esters is 4. The summed E-state index contributed by atoms with van der Waals surface area (Å²) in [5.41, 5.74) is -6.94. The van der Waals surface area contributed by atoms with Crippen molar-refractivity contribution in [3.05, 3.63) is 155 Å². The molecule has 60 heavy (non-hydrogen) atoms. The second-order valence-corrected chi connectivity index (χ2v) is 16.8. The topological polar surface area (TPSA) is 139 Å². The maximum absolute atomic E-state index is 16.0. The molecule has 10 nitrogen and oxygen atoms in total. The summed E-state index contributed by atoms with van der Waals surface area (Å²) in [6.07, 6.45) is 0.317. The third-order valence-corrected chi connectivity index (χ3v) is 14.1. The average molecular weight is 809 g/mol. The molecule has 3 saturated carbocycles. The monoisotopic (exact) mass is 808 g/mol. The van der Waals surface area contributed by atoms with Crippen molar-refractivity contribution in [2.45, 2.75) is 84.7 Å². The van der Waals surface area contributed by atoms with E-state index in [2.05, 4.69) is 0 Å². The summed E-state index contributed by atoms with van der Waals surface area (Å²) < 4.78 is 25.2. The fourth-order valence-corrected chi connectivity index (χ4v) is 11.3. The molecule has 4 aromatic carbocycles. The number of Topliss-reactive ketones (excluding diaryl/α,β-unsaturated/α-hetero) is 1. The highest BCUT2D eigenvalue weighted by atomic mass is 16.6. The van der Waals surface area contributed by atoms with Gasteiger partial charge in [0, 0.05) is 18.3 Å². The molecule has 8 rings (SSSR count). The summed E-state index contributed by atoms with van der Waals surface area (Å²) >= 11 is 0. The van der Waals surface area contributed by atoms with E-state index in [4.69, 9.17) is 18.9 Å². The van der Waals surface area contributed by atoms with Gasteiger partial charge in [0.2, 0.25) is 0 Å². The minimum atomic E-state index is -2.22. The lowest BCUT2D eigenvalue weighted by molar-refractivity contribution is -0.261. The first kappa shape index (κ1) is 40.6. The molecule has 0 N–H and O–H groups in total. The molecule has 0 aliphatic heterocycles. The molecule has 0 heterocycles. The molecule has 0 amide bonds. The maximum atomic E-state index is 16.0. The van der Waals surface area contributed by atoms with Gasteiger partial charge in [-0.25, -0.2) is 0 Å². The molecular formula is C50H48O10. The molecule has 0 spiro atoms. The van der Waals surface area contributed by atoms with E-state index in [9.17, 15) is 9.59 Å². The molecule has 4 aromatic rings. The SMILES string of the molecule is C[C@]12CCC3(C(=O)OCc4ccccc4)C4(C(=O)OCc5ccccc5)CCC(=O)C=C4CCC3(C(=O)OCc3ccccc3)C1(C(=O)OCc1ccccc1)CCC2=O. The number of hydrogen-bond acceptors (Lipinski definition) is 10. The van der Waals surface area contributed by atoms with Gasteiger partial charge in [-0.3, -0.25) is 28.8 Å². The van der Waals surface area contributed by atoms with Crippen LogP contribution in [0.1, 0.15) is 80.5 Å². The third kappa shape index (κ3) is 6.21. The minimum absolute atomic E-state index is 0.0433. The van der Waals surface area contributed by atoms with Crippen molar-refractivity contribution in [2.75, 3.05) is 0 Å². The Hall–Kier alpha value is -6.16. The van der Waals surface area contributed by atoms with Gasteiger partial charge in [0.1, 0.15) is 48.5 Å². The van der Waals surface area contributed by atoms with Gasteiger partial charge in [0.05, 0.1) is 5.41 Å². The van der Waals surface area contributed by atoms with Crippen LogP contribution in [-0.4, -0.2) is 35.4 Å². The Bertz CT molecular complexity index is 2330. The molecule has 10 heteroatoms. The number of ether oxygens (including phenoxy) is 4. The Labute approximate surface area is 349 Å². The van der Waals surface area contributed by atoms with Gasteiger partial charge < -0.3 is 18.9 Å². The Morgan fingerprint density at radius 2 is 0.850 bits per heavy atom. The van der Waals surface area contributed by atoms with Gasteiger partial charge in [-0.05, 0) is 72.4 Å². The van der Waals surface area contributed by atoms with Crippen LogP contribution in [0.25, 0.3) is 0 Å². The van der Waals surface area contributed by atoms with E-state index >= 15 is 19.2 Å². The standard InChI is InChI=1S/C50H48O10/c1-46-28-29-49(44(55)59-33-37-18-10-4-11-19-37)47(42(53)57-31-35-14-6-2-7-15-35)25-23-40(51)30-39(47)22-26-50(49,45(56)60-34-38-20-12-5-13-21-38)48(46,27-24-41(46)52)43(54)58-32-36-16-8-3-9-17-36/h2-21,30H,22-29,31-34H2,1H3/t46-,47?,48?,49?,50?/m1/s1. The van der Waals surface area contributed by atoms with Crippen molar-refractivity contribution in [3.63, 3.8) is 0 Å². The first-order valence-corrected chi connectivity index (χ1v) is 20.7. The maximum Gasteiger partial charge on any atom is 0.317 e. The van der Waals surface area contributed by atoms with Crippen LogP contribution in [0.4, 0.5) is 0 Å². The molecule has 4 aliphatic carbocycles. The van der Waals surface area contributed by atoms with Crippen LogP contribution in [0.5, 0.6) is 0 Å². The van der Waals surface area contributed by atoms with Crippen LogP contribution in [0.3, 0.4) is 0 Å². The van der Waals surface area contributed by atoms with Gasteiger partial charge in [0.15, 0.2) is 5.78 Å². The fourth-order valence-electron chi connectivity index (χ4n) is 11.3. The number of carbonyl (C=O) groups is 6.